The van der Waals surface area contributed by atoms with Crippen molar-refractivity contribution in [3.63, 3.8) is 0 Å². The molecule has 1 nitrogen and oxygen atoms in total. The average Bonchev–Trinajstić information content (AvgIpc) is 2.37. The molecule has 1 heteroatoms. The maximum atomic E-state index is 3.88. The van der Waals surface area contributed by atoms with Crippen LogP contribution in [0.4, 0.5) is 0 Å². The van der Waals surface area contributed by atoms with Gasteiger partial charge in [-0.25, -0.2) is 0 Å². The number of nitrogens with one attached hydrogen (secondary N) is 1. The van der Waals surface area contributed by atoms with Crippen molar-refractivity contribution in [2.45, 2.75) is 59.3 Å². The first kappa shape index (κ1) is 15.8. The zero-order valence-electron chi connectivity index (χ0n) is 12.8. The van der Waals surface area contributed by atoms with Crippen LogP contribution in [0.2, 0.25) is 0 Å². The van der Waals surface area contributed by atoms with E-state index in [0.717, 1.165) is 23.7 Å². The Morgan fingerprint density at radius 1 is 1.28 bits per heavy atom. The summed E-state index contributed by atoms with van der Waals surface area (Å²) in [6.07, 6.45) is 10.2. The molecule has 0 radical (unpaired) electrons. The molecule has 0 spiro atoms. The first-order valence-electron chi connectivity index (χ1n) is 8.00. The zero-order valence-corrected chi connectivity index (χ0v) is 12.8. The van der Waals surface area contributed by atoms with Gasteiger partial charge in [0.15, 0.2) is 0 Å². The summed E-state index contributed by atoms with van der Waals surface area (Å²) in [5.41, 5.74) is 0. The summed E-state index contributed by atoms with van der Waals surface area (Å²) in [4.78, 5) is 0. The van der Waals surface area contributed by atoms with Gasteiger partial charge in [-0.2, -0.15) is 0 Å². The van der Waals surface area contributed by atoms with Gasteiger partial charge in [0.1, 0.15) is 0 Å². The molecule has 0 aliphatic heterocycles. The molecule has 1 fully saturated rings. The highest BCUT2D eigenvalue weighted by Crippen LogP contribution is 2.39. The number of hydrogen-bond donors (Lipinski definition) is 1. The van der Waals surface area contributed by atoms with Crippen LogP contribution >= 0.6 is 0 Å². The summed E-state index contributed by atoms with van der Waals surface area (Å²) in [7, 11) is 0. The van der Waals surface area contributed by atoms with Crippen molar-refractivity contribution in [1.82, 2.24) is 5.32 Å². The van der Waals surface area contributed by atoms with Crippen molar-refractivity contribution in [3.8, 4) is 0 Å². The predicted molar refractivity (Wildman–Crippen MR) is 81.8 cm³/mol. The Morgan fingerprint density at radius 2 is 2.06 bits per heavy atom. The minimum atomic E-state index is 0.862. The van der Waals surface area contributed by atoms with Crippen LogP contribution in [-0.2, 0) is 0 Å². The highest BCUT2D eigenvalue weighted by atomic mass is 14.9. The van der Waals surface area contributed by atoms with Crippen LogP contribution in [0.15, 0.2) is 12.7 Å². The van der Waals surface area contributed by atoms with Crippen molar-refractivity contribution in [2.24, 2.45) is 23.7 Å². The van der Waals surface area contributed by atoms with Gasteiger partial charge in [0.2, 0.25) is 0 Å². The Bertz CT molecular complexity index is 222. The molecular weight excluding hydrogens is 218 g/mol. The highest BCUT2D eigenvalue weighted by Gasteiger charge is 2.30. The van der Waals surface area contributed by atoms with Gasteiger partial charge in [0.05, 0.1) is 0 Å². The molecule has 0 aromatic heterocycles. The monoisotopic (exact) mass is 251 g/mol. The summed E-state index contributed by atoms with van der Waals surface area (Å²) in [5, 5.41) is 3.63. The van der Waals surface area contributed by atoms with Gasteiger partial charge in [-0.05, 0) is 75.3 Å². The summed E-state index contributed by atoms with van der Waals surface area (Å²) < 4.78 is 0. The molecule has 0 heterocycles. The zero-order chi connectivity index (χ0) is 13.4. The maximum absolute atomic E-state index is 3.88. The normalized spacial score (nSPS) is 28.6. The Balaban J connectivity index is 2.45. The Morgan fingerprint density at radius 3 is 2.67 bits per heavy atom. The Hall–Kier alpha value is -0.300. The van der Waals surface area contributed by atoms with Crippen LogP contribution < -0.4 is 5.32 Å². The van der Waals surface area contributed by atoms with E-state index in [9.17, 15) is 0 Å². The van der Waals surface area contributed by atoms with Crippen LogP contribution in [0.5, 0.6) is 0 Å². The van der Waals surface area contributed by atoms with Gasteiger partial charge < -0.3 is 5.32 Å². The third-order valence-electron chi connectivity index (χ3n) is 4.70. The third kappa shape index (κ3) is 5.14. The van der Waals surface area contributed by atoms with Gasteiger partial charge in [0, 0.05) is 0 Å². The van der Waals surface area contributed by atoms with E-state index in [1.165, 1.54) is 51.6 Å². The molecule has 0 aromatic rings. The van der Waals surface area contributed by atoms with Crippen molar-refractivity contribution in [2.75, 3.05) is 13.1 Å². The second-order valence-corrected chi connectivity index (χ2v) is 6.41. The lowest BCUT2D eigenvalue weighted by Gasteiger charge is -2.38. The van der Waals surface area contributed by atoms with Crippen LogP contribution in [0.25, 0.3) is 0 Å². The quantitative estimate of drug-likeness (QED) is 0.489. The second kappa shape index (κ2) is 8.74. The summed E-state index contributed by atoms with van der Waals surface area (Å²) in [5.74, 6) is 3.66. The summed E-state index contributed by atoms with van der Waals surface area (Å²) in [6.45, 7) is 13.3. The molecule has 0 saturated heterocycles. The van der Waals surface area contributed by atoms with E-state index in [0.29, 0.717) is 0 Å². The van der Waals surface area contributed by atoms with E-state index in [2.05, 4.69) is 38.7 Å². The largest absolute Gasteiger partial charge is 0.316 e. The molecule has 1 N–H and O–H groups in total. The number of rotatable bonds is 8. The summed E-state index contributed by atoms with van der Waals surface area (Å²) in [6, 6.07) is 0. The molecule has 18 heavy (non-hydrogen) atoms. The van der Waals surface area contributed by atoms with E-state index in [-0.39, 0.29) is 0 Å². The van der Waals surface area contributed by atoms with Gasteiger partial charge in [-0.1, -0.05) is 26.8 Å². The highest BCUT2D eigenvalue weighted by molar-refractivity contribution is 4.84. The molecular formula is C17H33N. The molecule has 0 bridgehead atoms. The van der Waals surface area contributed by atoms with Crippen LogP contribution in [0, 0.1) is 23.7 Å². The Kier molecular flexibility index (Phi) is 7.65. The lowest BCUT2D eigenvalue weighted by atomic mass is 9.69. The minimum absolute atomic E-state index is 0.862. The fourth-order valence-electron chi connectivity index (χ4n) is 3.39. The van der Waals surface area contributed by atoms with E-state index >= 15 is 0 Å². The predicted octanol–water partition coefficient (Wildman–Crippen LogP) is 4.64. The standard InChI is InChI=1S/C17H33N/c1-5-7-8-16-12-15(14(3)4)9-10-17(16)13-18-11-6-2/h5,14-18H,1,6-13H2,2-4H3. The SMILES string of the molecule is C=CCCC1CC(C(C)C)CCC1CNCCC. The van der Waals surface area contributed by atoms with E-state index in [1.807, 2.05) is 0 Å². The third-order valence-corrected chi connectivity index (χ3v) is 4.70. The van der Waals surface area contributed by atoms with E-state index in [1.54, 1.807) is 0 Å². The lowest BCUT2D eigenvalue weighted by Crippen LogP contribution is -2.34. The first-order valence-corrected chi connectivity index (χ1v) is 8.00. The van der Waals surface area contributed by atoms with E-state index in [4.69, 9.17) is 0 Å². The average molecular weight is 251 g/mol. The van der Waals surface area contributed by atoms with Gasteiger partial charge in [-0.3, -0.25) is 0 Å². The molecule has 0 amide bonds. The lowest BCUT2D eigenvalue weighted by molar-refractivity contribution is 0.138. The molecule has 1 aliphatic rings. The molecule has 1 saturated carbocycles. The molecule has 3 unspecified atom stereocenters. The summed E-state index contributed by atoms with van der Waals surface area (Å²) >= 11 is 0. The van der Waals surface area contributed by atoms with Crippen molar-refractivity contribution in [3.05, 3.63) is 12.7 Å². The smallest absolute Gasteiger partial charge is 0.00179 e. The van der Waals surface area contributed by atoms with Crippen LogP contribution in [-0.4, -0.2) is 13.1 Å². The van der Waals surface area contributed by atoms with Crippen LogP contribution in [0.3, 0.4) is 0 Å². The van der Waals surface area contributed by atoms with Crippen molar-refractivity contribution >= 4 is 0 Å². The number of allylic oxidation sites excluding steroid dienone is 1. The van der Waals surface area contributed by atoms with Gasteiger partial charge in [0.25, 0.3) is 0 Å². The molecule has 3 atom stereocenters. The van der Waals surface area contributed by atoms with Gasteiger partial charge in [-0.15, -0.1) is 6.58 Å². The molecule has 1 rings (SSSR count). The fourth-order valence-corrected chi connectivity index (χ4v) is 3.39. The maximum Gasteiger partial charge on any atom is -0.00179 e. The fraction of sp³-hybridized carbons (Fsp3) is 0.882. The Labute approximate surface area is 114 Å². The minimum Gasteiger partial charge on any atom is -0.316 e. The second-order valence-electron chi connectivity index (χ2n) is 6.41. The molecule has 1 aliphatic carbocycles. The molecule has 106 valence electrons. The van der Waals surface area contributed by atoms with E-state index < -0.39 is 0 Å². The number of hydrogen-bond acceptors (Lipinski definition) is 1. The first-order chi connectivity index (χ1) is 8.69. The molecule has 0 aromatic carbocycles. The van der Waals surface area contributed by atoms with Gasteiger partial charge >= 0.3 is 0 Å². The van der Waals surface area contributed by atoms with Crippen LogP contribution in [0.1, 0.15) is 59.3 Å². The topological polar surface area (TPSA) is 12.0 Å². The van der Waals surface area contributed by atoms with Crippen molar-refractivity contribution in [1.29, 1.82) is 0 Å². The van der Waals surface area contributed by atoms with Crippen molar-refractivity contribution < 1.29 is 0 Å².